The van der Waals surface area contributed by atoms with Crippen LogP contribution in [0.3, 0.4) is 0 Å². The van der Waals surface area contributed by atoms with E-state index in [9.17, 15) is 14.0 Å². The number of hydrogen-bond donors (Lipinski definition) is 0. The Bertz CT molecular complexity index is 1280. The third-order valence-electron chi connectivity index (χ3n) is 4.65. The summed E-state index contributed by atoms with van der Waals surface area (Å²) in [6, 6.07) is 10.9. The molecule has 0 atom stereocenters. The Labute approximate surface area is 165 Å². The second-order valence-electron chi connectivity index (χ2n) is 6.53. The molecule has 0 unspecified atom stereocenters. The van der Waals surface area contributed by atoms with Gasteiger partial charge in [0.05, 0.1) is 25.5 Å². The molecule has 4 rings (SSSR count). The van der Waals surface area contributed by atoms with Gasteiger partial charge in [-0.15, -0.1) is 0 Å². The fourth-order valence-corrected chi connectivity index (χ4v) is 3.14. The predicted octanol–water partition coefficient (Wildman–Crippen LogP) is 2.98. The van der Waals surface area contributed by atoms with Crippen molar-refractivity contribution in [2.75, 3.05) is 7.11 Å². The van der Waals surface area contributed by atoms with Crippen molar-refractivity contribution in [3.63, 3.8) is 0 Å². The number of methoxy groups -OCH3 is 1. The molecule has 0 fully saturated rings. The number of fused-ring (bicyclic) bond motifs is 1. The maximum absolute atomic E-state index is 13.2. The van der Waals surface area contributed by atoms with E-state index in [-0.39, 0.29) is 23.7 Å². The Morgan fingerprint density at radius 1 is 1.17 bits per heavy atom. The van der Waals surface area contributed by atoms with E-state index in [4.69, 9.17) is 4.74 Å². The summed E-state index contributed by atoms with van der Waals surface area (Å²) >= 11 is 0. The standard InChI is InChI=1S/C21H17FN4O3/c1-13(27)14-3-8-19(29-2)15(9-14)11-25-12-23-20-18(21(25)28)10-24-26(20)17-6-4-16(22)5-7-17/h3-10,12H,11H2,1-2H3. The number of carbonyl (C=O) groups is 1. The molecule has 0 aliphatic heterocycles. The molecular weight excluding hydrogens is 375 g/mol. The van der Waals surface area contributed by atoms with E-state index in [0.29, 0.717) is 33.6 Å². The molecule has 2 heterocycles. The molecule has 2 aromatic carbocycles. The number of aromatic nitrogens is 4. The van der Waals surface area contributed by atoms with Crippen LogP contribution in [0.25, 0.3) is 16.7 Å². The van der Waals surface area contributed by atoms with Gasteiger partial charge >= 0.3 is 0 Å². The number of nitrogens with zero attached hydrogens (tertiary/aromatic N) is 4. The van der Waals surface area contributed by atoms with Gasteiger partial charge in [0.1, 0.15) is 23.3 Å². The van der Waals surface area contributed by atoms with Crippen LogP contribution in [0.1, 0.15) is 22.8 Å². The number of carbonyl (C=O) groups excluding carboxylic acids is 1. The smallest absolute Gasteiger partial charge is 0.264 e. The van der Waals surface area contributed by atoms with Crippen LogP contribution in [0.2, 0.25) is 0 Å². The van der Waals surface area contributed by atoms with Crippen molar-refractivity contribution in [1.82, 2.24) is 19.3 Å². The van der Waals surface area contributed by atoms with Gasteiger partial charge in [0.15, 0.2) is 11.4 Å². The minimum atomic E-state index is -0.359. The van der Waals surface area contributed by atoms with Gasteiger partial charge in [-0.3, -0.25) is 14.2 Å². The normalized spacial score (nSPS) is 11.0. The number of ether oxygens (including phenoxy) is 1. The summed E-state index contributed by atoms with van der Waals surface area (Å²) in [5.74, 6) is 0.140. The van der Waals surface area contributed by atoms with Crippen molar-refractivity contribution in [2.24, 2.45) is 0 Å². The van der Waals surface area contributed by atoms with E-state index in [0.717, 1.165) is 0 Å². The molecule has 146 valence electrons. The Balaban J connectivity index is 1.76. The Hall–Kier alpha value is -3.81. The molecular formula is C21H17FN4O3. The first-order valence-electron chi connectivity index (χ1n) is 8.85. The molecule has 4 aromatic rings. The fourth-order valence-electron chi connectivity index (χ4n) is 3.14. The lowest BCUT2D eigenvalue weighted by Crippen LogP contribution is -2.21. The predicted molar refractivity (Wildman–Crippen MR) is 105 cm³/mol. The lowest BCUT2D eigenvalue weighted by Gasteiger charge is -2.11. The number of hydrogen-bond acceptors (Lipinski definition) is 5. The van der Waals surface area contributed by atoms with Crippen LogP contribution in [0.5, 0.6) is 5.75 Å². The van der Waals surface area contributed by atoms with Crippen molar-refractivity contribution >= 4 is 16.8 Å². The van der Waals surface area contributed by atoms with Gasteiger partial charge in [0, 0.05) is 11.1 Å². The largest absolute Gasteiger partial charge is 0.496 e. The van der Waals surface area contributed by atoms with Crippen molar-refractivity contribution in [3.05, 3.63) is 82.3 Å². The Kier molecular flexibility index (Phi) is 4.67. The van der Waals surface area contributed by atoms with E-state index < -0.39 is 0 Å². The maximum Gasteiger partial charge on any atom is 0.264 e. The summed E-state index contributed by atoms with van der Waals surface area (Å²) < 4.78 is 21.4. The minimum Gasteiger partial charge on any atom is -0.496 e. The summed E-state index contributed by atoms with van der Waals surface area (Å²) in [5, 5.41) is 4.56. The average molecular weight is 392 g/mol. The molecule has 0 saturated carbocycles. The van der Waals surface area contributed by atoms with Gasteiger partial charge in [0.25, 0.3) is 5.56 Å². The first-order chi connectivity index (χ1) is 14.0. The highest BCUT2D eigenvalue weighted by Gasteiger charge is 2.14. The van der Waals surface area contributed by atoms with Crippen LogP contribution >= 0.6 is 0 Å². The molecule has 0 spiro atoms. The van der Waals surface area contributed by atoms with Crippen LogP contribution in [-0.2, 0) is 6.54 Å². The van der Waals surface area contributed by atoms with Crippen molar-refractivity contribution in [1.29, 1.82) is 0 Å². The molecule has 0 N–H and O–H groups in total. The van der Waals surface area contributed by atoms with E-state index in [1.165, 1.54) is 47.9 Å². The number of benzene rings is 2. The number of halogens is 1. The molecule has 0 bridgehead atoms. The first-order valence-corrected chi connectivity index (χ1v) is 8.85. The number of Topliss-reactive ketones (excluding diaryl/α,β-unsaturated/α-hetero) is 1. The van der Waals surface area contributed by atoms with Gasteiger partial charge in [-0.1, -0.05) is 0 Å². The Morgan fingerprint density at radius 2 is 1.93 bits per heavy atom. The summed E-state index contributed by atoms with van der Waals surface area (Å²) in [4.78, 5) is 29.0. The van der Waals surface area contributed by atoms with Crippen molar-refractivity contribution in [2.45, 2.75) is 13.5 Å². The van der Waals surface area contributed by atoms with Gasteiger partial charge in [-0.25, -0.2) is 14.1 Å². The van der Waals surface area contributed by atoms with E-state index in [2.05, 4.69) is 10.1 Å². The third-order valence-corrected chi connectivity index (χ3v) is 4.65. The average Bonchev–Trinajstić information content (AvgIpc) is 3.15. The number of ketones is 1. The third kappa shape index (κ3) is 3.40. The molecule has 0 amide bonds. The van der Waals surface area contributed by atoms with E-state index in [1.54, 1.807) is 30.3 Å². The molecule has 7 nitrogen and oxygen atoms in total. The zero-order valence-corrected chi connectivity index (χ0v) is 15.8. The highest BCUT2D eigenvalue weighted by atomic mass is 19.1. The molecule has 0 aliphatic carbocycles. The second kappa shape index (κ2) is 7.31. The topological polar surface area (TPSA) is 79.0 Å². The lowest BCUT2D eigenvalue weighted by molar-refractivity contribution is 0.101. The lowest BCUT2D eigenvalue weighted by atomic mass is 10.1. The first kappa shape index (κ1) is 18.5. The summed E-state index contributed by atoms with van der Waals surface area (Å²) in [6.45, 7) is 1.67. The summed E-state index contributed by atoms with van der Waals surface area (Å²) in [6.07, 6.45) is 2.86. The summed E-state index contributed by atoms with van der Waals surface area (Å²) in [5.41, 5.74) is 1.92. The fraction of sp³-hybridized carbons (Fsp3) is 0.143. The van der Waals surface area contributed by atoms with Crippen LogP contribution in [0.4, 0.5) is 4.39 Å². The van der Waals surface area contributed by atoms with Crippen molar-refractivity contribution in [3.8, 4) is 11.4 Å². The van der Waals surface area contributed by atoms with Gasteiger partial charge in [-0.2, -0.15) is 5.10 Å². The molecule has 8 heteroatoms. The van der Waals surface area contributed by atoms with Gasteiger partial charge in [0.2, 0.25) is 0 Å². The summed E-state index contributed by atoms with van der Waals surface area (Å²) in [7, 11) is 1.53. The zero-order chi connectivity index (χ0) is 20.5. The van der Waals surface area contributed by atoms with E-state index in [1.807, 2.05) is 0 Å². The highest BCUT2D eigenvalue weighted by Crippen LogP contribution is 2.21. The minimum absolute atomic E-state index is 0.0737. The van der Waals surface area contributed by atoms with Crippen LogP contribution in [0, 0.1) is 5.82 Å². The zero-order valence-electron chi connectivity index (χ0n) is 15.8. The quantitative estimate of drug-likeness (QED) is 0.488. The maximum atomic E-state index is 13.2. The van der Waals surface area contributed by atoms with Gasteiger partial charge < -0.3 is 4.74 Å². The molecule has 0 radical (unpaired) electrons. The molecule has 29 heavy (non-hydrogen) atoms. The van der Waals surface area contributed by atoms with Crippen LogP contribution < -0.4 is 10.3 Å². The number of rotatable bonds is 5. The van der Waals surface area contributed by atoms with Crippen LogP contribution in [0.15, 0.2) is 59.8 Å². The SMILES string of the molecule is COc1ccc(C(C)=O)cc1Cn1cnc2c(cnn2-c2ccc(F)cc2)c1=O. The Morgan fingerprint density at radius 3 is 2.62 bits per heavy atom. The second-order valence-corrected chi connectivity index (χ2v) is 6.53. The molecule has 0 saturated heterocycles. The van der Waals surface area contributed by atoms with Crippen LogP contribution in [-0.4, -0.2) is 32.2 Å². The molecule has 0 aliphatic rings. The van der Waals surface area contributed by atoms with E-state index >= 15 is 0 Å². The molecule has 2 aromatic heterocycles. The monoisotopic (exact) mass is 392 g/mol. The van der Waals surface area contributed by atoms with Gasteiger partial charge in [-0.05, 0) is 49.4 Å². The van der Waals surface area contributed by atoms with Crippen molar-refractivity contribution < 1.29 is 13.9 Å². The highest BCUT2D eigenvalue weighted by molar-refractivity contribution is 5.94.